The van der Waals surface area contributed by atoms with Crippen molar-refractivity contribution in [2.24, 2.45) is 0 Å². The number of rotatable bonds is 3. The molecule has 0 bridgehead atoms. The van der Waals surface area contributed by atoms with Crippen LogP contribution >= 0.6 is 0 Å². The molecule has 0 aliphatic rings. The summed E-state index contributed by atoms with van der Waals surface area (Å²) < 4.78 is 4.64. The summed E-state index contributed by atoms with van der Waals surface area (Å²) in [6.45, 7) is 20.4. The summed E-state index contributed by atoms with van der Waals surface area (Å²) in [6, 6.07) is 33.0. The predicted molar refractivity (Wildman–Crippen MR) is 160 cm³/mol. The van der Waals surface area contributed by atoms with E-state index in [1.54, 1.807) is 9.37 Å². The van der Waals surface area contributed by atoms with E-state index in [2.05, 4.69) is 150 Å². The van der Waals surface area contributed by atoms with Gasteiger partial charge in [-0.2, -0.15) is 0 Å². The Balaban J connectivity index is 0. The molecule has 3 aromatic rings. The van der Waals surface area contributed by atoms with Gasteiger partial charge in [0.25, 0.3) is 0 Å². The molecule has 3 aromatic carbocycles. The first-order valence-corrected chi connectivity index (χ1v) is 25.8. The van der Waals surface area contributed by atoms with Gasteiger partial charge in [0.1, 0.15) is 0 Å². The number of hydrogen-bond acceptors (Lipinski definition) is 0. The molecule has 0 saturated carbocycles. The van der Waals surface area contributed by atoms with E-state index in [0.717, 1.165) is 0 Å². The Morgan fingerprint density at radius 1 is 0.375 bits per heavy atom. The van der Waals surface area contributed by atoms with Crippen molar-refractivity contribution in [3.8, 4) is 0 Å². The third-order valence-electron chi connectivity index (χ3n) is 3.19. The molecule has 3 rings (SSSR count). The van der Waals surface area contributed by atoms with Crippen LogP contribution in [0.15, 0.2) is 91.0 Å². The van der Waals surface area contributed by atoms with Gasteiger partial charge in [0.05, 0.1) is 0 Å². The summed E-state index contributed by atoms with van der Waals surface area (Å²) in [5, 5.41) is 0. The molecule has 0 aliphatic heterocycles. The molecule has 0 saturated heterocycles. The molecule has 0 heterocycles. The van der Waals surface area contributed by atoms with Crippen LogP contribution in [-0.2, 0) is 0 Å². The summed E-state index contributed by atoms with van der Waals surface area (Å²) in [7, 11) is 0.361. The van der Waals surface area contributed by atoms with E-state index in [9.17, 15) is 0 Å². The monoisotopic (exact) mass is 732 g/mol. The van der Waals surface area contributed by atoms with Crippen LogP contribution < -0.4 is 9.37 Å². The fraction of sp³-hybridized carbons (Fsp3) is 0.333. The quantitative estimate of drug-likeness (QED) is 0.294. The second kappa shape index (κ2) is 21.3. The van der Waals surface area contributed by atoms with Crippen molar-refractivity contribution in [1.82, 2.24) is 0 Å². The molecule has 0 unspecified atom stereocenters. The Bertz CT molecular complexity index is 650. The first kappa shape index (κ1) is 33.9. The maximum atomic E-state index is 2.29. The summed E-state index contributed by atoms with van der Waals surface area (Å²) in [5.41, 5.74) is 0. The van der Waals surface area contributed by atoms with Crippen molar-refractivity contribution in [3.05, 3.63) is 91.0 Å². The van der Waals surface area contributed by atoms with Crippen molar-refractivity contribution in [2.45, 2.75) is 58.9 Å². The zero-order valence-corrected chi connectivity index (χ0v) is 30.6. The second-order valence-corrected chi connectivity index (χ2v) is 27.6. The minimum absolute atomic E-state index is 0. The summed E-state index contributed by atoms with van der Waals surface area (Å²) in [6.07, 6.45) is 0. The first-order chi connectivity index (χ1) is 14.6. The van der Waals surface area contributed by atoms with E-state index in [1.165, 1.54) is 0 Å². The average molecular weight is 731 g/mol. The van der Waals surface area contributed by atoms with E-state index in [-0.39, 0.29) is 44.0 Å². The maximum absolute atomic E-state index is 2.29. The Hall–Kier alpha value is -0.224. The van der Waals surface area contributed by atoms with Gasteiger partial charge in [-0.05, 0) is 0 Å². The van der Waals surface area contributed by atoms with Crippen molar-refractivity contribution in [3.63, 3.8) is 0 Å². The van der Waals surface area contributed by atoms with Crippen LogP contribution in [-0.4, -0.2) is 66.7 Å². The van der Waals surface area contributed by atoms with Crippen LogP contribution in [0, 0.1) is 0 Å². The summed E-state index contributed by atoms with van der Waals surface area (Å²) in [4.78, 5) is 0. The molecule has 0 aliphatic carbocycles. The van der Waals surface area contributed by atoms with Gasteiger partial charge < -0.3 is 0 Å². The molecule has 0 aromatic heterocycles. The van der Waals surface area contributed by atoms with Crippen molar-refractivity contribution >= 4 is 76.1 Å². The molecule has 170 valence electrons. The van der Waals surface area contributed by atoms with Crippen LogP contribution in [0.5, 0.6) is 0 Å². The standard InChI is InChI=1S/3C6H5.3C3H9Si.Ge.Pb/c3*1-2-4-6-5-3-1;3*1-4(2)3;;/h3*1-5H;3*1-3H3;;. The number of hydrogen-bond donors (Lipinski definition) is 0. The third kappa shape index (κ3) is 19.3. The molecule has 0 spiro atoms. The van der Waals surface area contributed by atoms with Gasteiger partial charge in [0.15, 0.2) is 0 Å². The van der Waals surface area contributed by atoms with Gasteiger partial charge >= 0.3 is 123 Å². The average Bonchev–Trinajstić information content (AvgIpc) is 2.69. The zero-order chi connectivity index (χ0) is 23.6. The molecule has 0 nitrogen and oxygen atoms in total. The van der Waals surface area contributed by atoms with Crippen LogP contribution in [0.25, 0.3) is 0 Å². The Morgan fingerprint density at radius 2 is 0.531 bits per heavy atom. The minimum atomic E-state index is -2.17. The summed E-state index contributed by atoms with van der Waals surface area (Å²) in [5.74, 6) is 0. The van der Waals surface area contributed by atoms with E-state index in [0.29, 0.717) is 0 Å². The number of benzene rings is 3. The second-order valence-electron chi connectivity index (χ2n) is 8.97. The Morgan fingerprint density at radius 3 is 0.688 bits per heavy atom. The topological polar surface area (TPSA) is 0 Å². The van der Waals surface area contributed by atoms with Crippen molar-refractivity contribution < 1.29 is 0 Å². The molecule has 32 heavy (non-hydrogen) atoms. The fourth-order valence-electron chi connectivity index (χ4n) is 2.31. The van der Waals surface area contributed by atoms with Gasteiger partial charge in [0, 0.05) is 44.0 Å². The van der Waals surface area contributed by atoms with Gasteiger partial charge in [-0.1, -0.05) is 58.9 Å². The Kier molecular flexibility index (Phi) is 22.6. The molecule has 8 radical (unpaired) electrons. The fourth-order valence-corrected chi connectivity index (χ4v) is 12.3. The molecule has 5 heteroatoms. The van der Waals surface area contributed by atoms with E-state index in [4.69, 9.17) is 0 Å². The molecule has 0 N–H and O–H groups in total. The van der Waals surface area contributed by atoms with Gasteiger partial charge in [-0.25, -0.2) is 0 Å². The van der Waals surface area contributed by atoms with Crippen molar-refractivity contribution in [1.29, 1.82) is 0 Å². The normalized spacial score (nSPS) is 9.66. The molecular formula is C27H42GePbSi3. The Labute approximate surface area is 224 Å². The summed E-state index contributed by atoms with van der Waals surface area (Å²) >= 11 is -2.17. The van der Waals surface area contributed by atoms with Gasteiger partial charge in [0.2, 0.25) is 0 Å². The zero-order valence-electron chi connectivity index (χ0n) is 21.7. The van der Waals surface area contributed by atoms with Gasteiger partial charge in [-0.3, -0.25) is 0 Å². The van der Waals surface area contributed by atoms with E-state index < -0.39 is 22.7 Å². The molecule has 0 fully saturated rings. The predicted octanol–water partition coefficient (Wildman–Crippen LogP) is 5.93. The van der Waals surface area contributed by atoms with Gasteiger partial charge in [-0.15, -0.1) is 0 Å². The van der Waals surface area contributed by atoms with Crippen LogP contribution in [0.4, 0.5) is 0 Å². The first-order valence-electron chi connectivity index (χ1n) is 11.0. The van der Waals surface area contributed by atoms with E-state index in [1.807, 2.05) is 0 Å². The van der Waals surface area contributed by atoms with Crippen molar-refractivity contribution in [2.75, 3.05) is 0 Å². The van der Waals surface area contributed by atoms with Crippen LogP contribution in [0.1, 0.15) is 0 Å². The van der Waals surface area contributed by atoms with Crippen LogP contribution in [0.3, 0.4) is 0 Å². The molecule has 0 atom stereocenters. The van der Waals surface area contributed by atoms with E-state index >= 15 is 0 Å². The third-order valence-corrected chi connectivity index (χ3v) is 13.8. The SMILES string of the molecule is C[Si](C)C.C[Si](C)C.C[Si](C)C.[Ge].c1cc[c]([Pb]([c]2ccccc2)[c]2ccccc2)cc1. The molecule has 0 amide bonds. The molecular weight excluding hydrogens is 688 g/mol. The van der Waals surface area contributed by atoms with Crippen LogP contribution in [0.2, 0.25) is 58.9 Å².